The van der Waals surface area contributed by atoms with Gasteiger partial charge in [-0.1, -0.05) is 30.3 Å². The molecule has 0 bridgehead atoms. The lowest BCUT2D eigenvalue weighted by molar-refractivity contribution is 0.0747. The number of rotatable bonds is 4. The molecule has 6 rings (SSSR count). The van der Waals surface area contributed by atoms with Crippen molar-refractivity contribution in [2.75, 3.05) is 39.0 Å². The Morgan fingerprint density at radius 2 is 1.55 bits per heavy atom. The second-order valence-electron chi connectivity index (χ2n) is 10.1. The van der Waals surface area contributed by atoms with Crippen LogP contribution in [0.5, 0.6) is 0 Å². The number of amides is 1. The minimum atomic E-state index is -4.16. The molecule has 206 valence electrons. The Bertz CT molecular complexity index is 1750. The van der Waals surface area contributed by atoms with Gasteiger partial charge in [-0.3, -0.25) is 4.79 Å². The van der Waals surface area contributed by atoms with E-state index < -0.39 is 21.7 Å². The van der Waals surface area contributed by atoms with Crippen LogP contribution in [-0.2, 0) is 23.1 Å². The molecule has 12 heteroatoms. The number of sulfonamides is 1. The lowest BCUT2D eigenvalue weighted by Crippen LogP contribution is -2.47. The van der Waals surface area contributed by atoms with E-state index in [1.807, 2.05) is 36.2 Å². The molecule has 3 heterocycles. The molecule has 0 atom stereocenters. The first-order chi connectivity index (χ1) is 19.1. The Balaban J connectivity index is 1.45. The smallest absolute Gasteiger partial charge is 0.273 e. The molecule has 0 radical (unpaired) electrons. The number of nitrogens with zero attached hydrogens (tertiary/aromatic N) is 5. The van der Waals surface area contributed by atoms with E-state index in [0.29, 0.717) is 37.1 Å². The Kier molecular flexibility index (Phi) is 6.48. The summed E-state index contributed by atoms with van der Waals surface area (Å²) < 4.78 is 57.5. The maximum Gasteiger partial charge on any atom is 0.273 e. The van der Waals surface area contributed by atoms with Crippen LogP contribution >= 0.6 is 0 Å². The van der Waals surface area contributed by atoms with Gasteiger partial charge in [-0.25, -0.2) is 27.2 Å². The Morgan fingerprint density at radius 3 is 2.23 bits per heavy atom. The highest BCUT2D eigenvalue weighted by Crippen LogP contribution is 2.35. The fourth-order valence-corrected chi connectivity index (χ4v) is 6.87. The van der Waals surface area contributed by atoms with Gasteiger partial charge in [0.05, 0.1) is 10.4 Å². The van der Waals surface area contributed by atoms with E-state index in [0.717, 1.165) is 23.3 Å². The zero-order valence-corrected chi connectivity index (χ0v) is 22.5. The highest BCUT2D eigenvalue weighted by Gasteiger charge is 2.32. The summed E-state index contributed by atoms with van der Waals surface area (Å²) in [5.41, 5.74) is 8.65. The van der Waals surface area contributed by atoms with Crippen LogP contribution in [0.25, 0.3) is 22.0 Å². The molecule has 2 aliphatic heterocycles. The van der Waals surface area contributed by atoms with Gasteiger partial charge in [0.25, 0.3) is 5.91 Å². The van der Waals surface area contributed by atoms with Crippen LogP contribution in [0.3, 0.4) is 0 Å². The molecular weight excluding hydrogens is 538 g/mol. The van der Waals surface area contributed by atoms with Gasteiger partial charge in [0, 0.05) is 50.2 Å². The lowest BCUT2D eigenvalue weighted by atomic mass is 10.0. The Hall–Kier alpha value is -4.00. The maximum absolute atomic E-state index is 14.5. The number of carbonyl (C=O) groups is 1. The molecule has 3 aromatic carbocycles. The molecule has 0 spiro atoms. The van der Waals surface area contributed by atoms with E-state index in [2.05, 4.69) is 9.97 Å². The summed E-state index contributed by atoms with van der Waals surface area (Å²) in [4.78, 5) is 25.4. The molecule has 1 fully saturated rings. The number of hydrogen-bond donors (Lipinski definition) is 1. The van der Waals surface area contributed by atoms with Gasteiger partial charge in [0.2, 0.25) is 16.0 Å². The average Bonchev–Trinajstić information content (AvgIpc) is 3.38. The van der Waals surface area contributed by atoms with Crippen molar-refractivity contribution in [2.45, 2.75) is 18.0 Å². The number of hydrogen-bond acceptors (Lipinski definition) is 7. The molecule has 4 aromatic rings. The minimum Gasteiger partial charge on any atom is -0.368 e. The fraction of sp³-hybridized carbons (Fsp3) is 0.250. The zero-order valence-electron chi connectivity index (χ0n) is 21.6. The van der Waals surface area contributed by atoms with Crippen molar-refractivity contribution in [3.8, 4) is 11.1 Å². The van der Waals surface area contributed by atoms with Crippen LogP contribution in [0.4, 0.5) is 14.7 Å². The summed E-state index contributed by atoms with van der Waals surface area (Å²) in [5.74, 6) is -2.92. The van der Waals surface area contributed by atoms with E-state index in [4.69, 9.17) is 5.73 Å². The third-order valence-electron chi connectivity index (χ3n) is 7.46. The van der Waals surface area contributed by atoms with Crippen molar-refractivity contribution in [2.24, 2.45) is 0 Å². The number of nitrogens with two attached hydrogens (primary N) is 1. The number of aromatic nitrogens is 2. The lowest BCUT2D eigenvalue weighted by Gasteiger charge is -2.32. The number of piperazine rings is 1. The van der Waals surface area contributed by atoms with Crippen molar-refractivity contribution in [1.29, 1.82) is 0 Å². The summed E-state index contributed by atoms with van der Waals surface area (Å²) in [7, 11) is -2.27. The number of halogens is 2. The summed E-state index contributed by atoms with van der Waals surface area (Å²) >= 11 is 0. The highest BCUT2D eigenvalue weighted by atomic mass is 32.2. The topological polar surface area (TPSA) is 113 Å². The van der Waals surface area contributed by atoms with Crippen LogP contribution in [0, 0.1) is 11.6 Å². The number of likely N-dealkylation sites (N-methyl/N-ethyl adjacent to an activating group) is 1. The number of carbonyl (C=O) groups excluding carboxylic acids is 1. The monoisotopic (exact) mass is 564 g/mol. The van der Waals surface area contributed by atoms with Crippen molar-refractivity contribution < 1.29 is 22.0 Å². The third-order valence-corrected chi connectivity index (χ3v) is 9.40. The molecule has 0 aliphatic carbocycles. The van der Waals surface area contributed by atoms with E-state index in [1.54, 1.807) is 17.0 Å². The summed E-state index contributed by atoms with van der Waals surface area (Å²) in [6.07, 6.45) is 0. The molecular formula is C28H26F2N6O3S. The fourth-order valence-electron chi connectivity index (χ4n) is 5.24. The molecule has 9 nitrogen and oxygen atoms in total. The molecule has 2 aliphatic rings. The quantitative estimate of drug-likeness (QED) is 0.405. The molecule has 1 amide bonds. The van der Waals surface area contributed by atoms with Crippen LogP contribution in [0.1, 0.15) is 21.6 Å². The number of anilines is 1. The molecule has 1 aromatic heterocycles. The average molecular weight is 565 g/mol. The third kappa shape index (κ3) is 4.57. The molecule has 0 saturated carbocycles. The van der Waals surface area contributed by atoms with E-state index >= 15 is 0 Å². The predicted molar refractivity (Wildman–Crippen MR) is 146 cm³/mol. The minimum absolute atomic E-state index is 0.0245. The van der Waals surface area contributed by atoms with Crippen LogP contribution < -0.4 is 5.73 Å². The highest BCUT2D eigenvalue weighted by molar-refractivity contribution is 7.89. The molecule has 0 unspecified atom stereocenters. The second kappa shape index (κ2) is 9.88. The van der Waals surface area contributed by atoms with Gasteiger partial charge in [0.1, 0.15) is 5.69 Å². The van der Waals surface area contributed by atoms with Crippen LogP contribution in [0.15, 0.2) is 59.5 Å². The van der Waals surface area contributed by atoms with E-state index in [-0.39, 0.29) is 46.7 Å². The molecule has 40 heavy (non-hydrogen) atoms. The van der Waals surface area contributed by atoms with Crippen molar-refractivity contribution in [3.05, 3.63) is 83.1 Å². The van der Waals surface area contributed by atoms with Gasteiger partial charge in [-0.2, -0.15) is 4.31 Å². The summed E-state index contributed by atoms with van der Waals surface area (Å²) in [6.45, 7) is 2.27. The first-order valence-corrected chi connectivity index (χ1v) is 14.2. The zero-order chi connectivity index (χ0) is 28.2. The normalized spacial score (nSPS) is 16.4. The van der Waals surface area contributed by atoms with Gasteiger partial charge in [-0.05, 0) is 48.0 Å². The second-order valence-corrected chi connectivity index (χ2v) is 12.0. The van der Waals surface area contributed by atoms with Gasteiger partial charge >= 0.3 is 0 Å². The van der Waals surface area contributed by atoms with E-state index in [1.165, 1.54) is 10.4 Å². The first kappa shape index (κ1) is 26.2. The standard InChI is InChI=1S/C28H26F2N6O3S/c1-34-8-10-36(11-9-34)40(38,39)25-14-23(30)22(29)13-20(25)17-6-7-24-21(12-17)26(33-28(31)32-24)27(37)35-15-18-4-2-3-5-19(18)16-35/h2-7,12-14H,8-11,15-16H2,1H3,(H2,31,32,33). The number of nitrogen functional groups attached to an aromatic ring is 1. The largest absolute Gasteiger partial charge is 0.368 e. The predicted octanol–water partition coefficient (Wildman–Crippen LogP) is 3.25. The van der Waals surface area contributed by atoms with Crippen molar-refractivity contribution in [1.82, 2.24) is 24.1 Å². The van der Waals surface area contributed by atoms with E-state index in [9.17, 15) is 22.0 Å². The number of fused-ring (bicyclic) bond motifs is 2. The van der Waals surface area contributed by atoms with Crippen molar-refractivity contribution in [3.63, 3.8) is 0 Å². The van der Waals surface area contributed by atoms with Crippen molar-refractivity contribution >= 4 is 32.8 Å². The van der Waals surface area contributed by atoms with Gasteiger partial charge in [0.15, 0.2) is 11.6 Å². The number of benzene rings is 3. The summed E-state index contributed by atoms with van der Waals surface area (Å²) in [5, 5.41) is 0.320. The van der Waals surface area contributed by atoms with Crippen LogP contribution in [0.2, 0.25) is 0 Å². The Labute approximate surface area is 229 Å². The van der Waals surface area contributed by atoms with Crippen LogP contribution in [-0.4, -0.2) is 71.6 Å². The maximum atomic E-state index is 14.5. The Morgan fingerprint density at radius 1 is 0.900 bits per heavy atom. The summed E-state index contributed by atoms with van der Waals surface area (Å²) in [6, 6.07) is 14.0. The molecule has 1 saturated heterocycles. The first-order valence-electron chi connectivity index (χ1n) is 12.7. The van der Waals surface area contributed by atoms with Gasteiger partial charge in [-0.15, -0.1) is 0 Å². The SMILES string of the molecule is CN1CCN(S(=O)(=O)c2cc(F)c(F)cc2-c2ccc3nc(N)nc(C(=O)N4Cc5ccccc5C4)c3c2)CC1. The van der Waals surface area contributed by atoms with Gasteiger partial charge < -0.3 is 15.5 Å². The molecule has 2 N–H and O–H groups in total.